The molecule has 1 aliphatic heterocycles. The fraction of sp³-hybridized carbons (Fsp3) is 0.208. The van der Waals surface area contributed by atoms with Crippen LogP contribution in [-0.4, -0.2) is 30.4 Å². The molecule has 3 aromatic rings. The summed E-state index contributed by atoms with van der Waals surface area (Å²) in [5.74, 6) is -0.752. The van der Waals surface area contributed by atoms with Gasteiger partial charge in [-0.2, -0.15) is 13.2 Å². The van der Waals surface area contributed by atoms with Crippen LogP contribution in [0.5, 0.6) is 5.75 Å². The van der Waals surface area contributed by atoms with Crippen LogP contribution in [0.4, 0.5) is 13.2 Å². The molecule has 1 aliphatic rings. The van der Waals surface area contributed by atoms with Gasteiger partial charge in [-0.25, -0.2) is 9.79 Å². The molecular formula is C24H17BrClF3N2O4S. The van der Waals surface area contributed by atoms with E-state index in [4.69, 9.17) is 21.1 Å². The van der Waals surface area contributed by atoms with E-state index in [9.17, 15) is 22.8 Å². The second kappa shape index (κ2) is 10.2. The topological polar surface area (TPSA) is 69.9 Å². The van der Waals surface area contributed by atoms with E-state index in [1.165, 1.54) is 44.4 Å². The number of carbonyl (C=O) groups excluding carboxylic acids is 1. The van der Waals surface area contributed by atoms with E-state index in [0.717, 1.165) is 15.9 Å². The summed E-state index contributed by atoms with van der Waals surface area (Å²) in [6, 6.07) is 9.56. The van der Waals surface area contributed by atoms with Gasteiger partial charge < -0.3 is 9.47 Å². The summed E-state index contributed by atoms with van der Waals surface area (Å²) < 4.78 is 54.6. The number of ether oxygens (including phenoxy) is 2. The van der Waals surface area contributed by atoms with E-state index in [1.54, 1.807) is 18.2 Å². The van der Waals surface area contributed by atoms with Crippen molar-refractivity contribution in [1.82, 2.24) is 4.57 Å². The summed E-state index contributed by atoms with van der Waals surface area (Å²) in [7, 11) is 1.46. The van der Waals surface area contributed by atoms with E-state index in [1.807, 2.05) is 0 Å². The van der Waals surface area contributed by atoms with Crippen LogP contribution in [0.3, 0.4) is 0 Å². The van der Waals surface area contributed by atoms with Crippen LogP contribution >= 0.6 is 38.9 Å². The molecule has 0 saturated carbocycles. The molecule has 2 aromatic carbocycles. The van der Waals surface area contributed by atoms with Crippen molar-refractivity contribution in [1.29, 1.82) is 0 Å². The van der Waals surface area contributed by atoms with E-state index >= 15 is 0 Å². The van der Waals surface area contributed by atoms with Crippen molar-refractivity contribution in [3.05, 3.63) is 94.0 Å². The first-order chi connectivity index (χ1) is 17.0. The summed E-state index contributed by atoms with van der Waals surface area (Å²) in [5, 5.41) is 0.339. The van der Waals surface area contributed by atoms with Crippen molar-refractivity contribution in [2.45, 2.75) is 19.1 Å². The van der Waals surface area contributed by atoms with Gasteiger partial charge in [0.1, 0.15) is 5.75 Å². The van der Waals surface area contributed by atoms with Gasteiger partial charge in [0.15, 0.2) is 10.5 Å². The summed E-state index contributed by atoms with van der Waals surface area (Å²) in [5.41, 5.74) is -2.03. The van der Waals surface area contributed by atoms with Crippen LogP contribution in [0, 0.1) is 0 Å². The zero-order valence-corrected chi connectivity index (χ0v) is 21.9. The number of carbonyl (C=O) groups is 1. The van der Waals surface area contributed by atoms with Crippen molar-refractivity contribution in [2.24, 2.45) is 4.99 Å². The standard InChI is InChI=1S/C24H17BrClF3N2O4S/c1-3-35-22(33)18-19(12-4-7-15(26)8-5-12)31-21(32)17(36-23(31)30-20(18)24(27,28)29)11-13-10-14(25)6-9-16(13)34-2/h4-11,19H,3H2,1-2H3/b17-11-/t19-/m1/s1. The highest BCUT2D eigenvalue weighted by Gasteiger charge is 2.45. The first-order valence-corrected chi connectivity index (χ1v) is 12.4. The lowest BCUT2D eigenvalue weighted by Gasteiger charge is -2.26. The Morgan fingerprint density at radius 2 is 1.94 bits per heavy atom. The van der Waals surface area contributed by atoms with E-state index < -0.39 is 35.0 Å². The molecule has 12 heteroatoms. The number of allylic oxidation sites excluding steroid dienone is 1. The number of fused-ring (bicyclic) bond motifs is 1. The van der Waals surface area contributed by atoms with E-state index in [-0.39, 0.29) is 21.5 Å². The molecular weight excluding hydrogens is 585 g/mol. The van der Waals surface area contributed by atoms with Gasteiger partial charge in [-0.05, 0) is 48.9 Å². The molecule has 0 amide bonds. The Hall–Kier alpha value is -2.89. The molecule has 188 valence electrons. The number of hydrogen-bond donors (Lipinski definition) is 0. The largest absolute Gasteiger partial charge is 0.496 e. The van der Waals surface area contributed by atoms with Crippen molar-refractivity contribution >= 4 is 50.9 Å². The second-order valence-electron chi connectivity index (χ2n) is 7.50. The zero-order valence-electron chi connectivity index (χ0n) is 18.7. The van der Waals surface area contributed by atoms with Gasteiger partial charge >= 0.3 is 12.1 Å². The number of benzene rings is 2. The number of methoxy groups -OCH3 is 1. The predicted octanol–water partition coefficient (Wildman–Crippen LogP) is 4.77. The quantitative estimate of drug-likeness (QED) is 0.396. The predicted molar refractivity (Wildman–Crippen MR) is 133 cm³/mol. The fourth-order valence-electron chi connectivity index (χ4n) is 3.76. The maximum Gasteiger partial charge on any atom is 0.434 e. The van der Waals surface area contributed by atoms with Gasteiger partial charge in [0, 0.05) is 15.1 Å². The molecule has 0 spiro atoms. The SMILES string of the molecule is CCOC(=O)C1=C(C(F)(F)F)N=c2s/c(=C\c3cc(Br)ccc3OC)c(=O)n2[C@@H]1c1ccc(Cl)cc1. The molecule has 1 atom stereocenters. The number of hydrogen-bond acceptors (Lipinski definition) is 6. The molecule has 1 aromatic heterocycles. The smallest absolute Gasteiger partial charge is 0.434 e. The van der Waals surface area contributed by atoms with Gasteiger partial charge in [0.25, 0.3) is 5.56 Å². The van der Waals surface area contributed by atoms with Crippen LogP contribution < -0.4 is 19.6 Å². The van der Waals surface area contributed by atoms with Crippen LogP contribution in [0.2, 0.25) is 5.02 Å². The van der Waals surface area contributed by atoms with Crippen LogP contribution in [-0.2, 0) is 9.53 Å². The van der Waals surface area contributed by atoms with Gasteiger partial charge in [0.05, 0.1) is 29.9 Å². The minimum absolute atomic E-state index is 0.107. The molecule has 36 heavy (non-hydrogen) atoms. The Morgan fingerprint density at radius 1 is 1.25 bits per heavy atom. The van der Waals surface area contributed by atoms with Gasteiger partial charge in [-0.1, -0.05) is 51.0 Å². The van der Waals surface area contributed by atoms with E-state index in [0.29, 0.717) is 20.8 Å². The maximum absolute atomic E-state index is 14.1. The molecule has 0 aliphatic carbocycles. The van der Waals surface area contributed by atoms with Crippen LogP contribution in [0.15, 0.2) is 68.0 Å². The van der Waals surface area contributed by atoms with Crippen molar-refractivity contribution in [3.8, 4) is 5.75 Å². The molecule has 0 unspecified atom stereocenters. The summed E-state index contributed by atoms with van der Waals surface area (Å²) >= 11 is 10.1. The van der Waals surface area contributed by atoms with Gasteiger partial charge in [-0.3, -0.25) is 9.36 Å². The highest BCUT2D eigenvalue weighted by molar-refractivity contribution is 9.10. The zero-order chi connectivity index (χ0) is 26.2. The summed E-state index contributed by atoms with van der Waals surface area (Å²) in [4.78, 5) is 29.9. The fourth-order valence-corrected chi connectivity index (χ4v) is 5.26. The van der Waals surface area contributed by atoms with Crippen molar-refractivity contribution in [3.63, 3.8) is 0 Å². The van der Waals surface area contributed by atoms with Gasteiger partial charge in [-0.15, -0.1) is 0 Å². The first kappa shape index (κ1) is 26.2. The lowest BCUT2D eigenvalue weighted by Crippen LogP contribution is -2.41. The number of alkyl halides is 3. The lowest BCUT2D eigenvalue weighted by molar-refractivity contribution is -0.140. The Bertz CT molecular complexity index is 1550. The number of nitrogens with zero attached hydrogens (tertiary/aromatic N) is 2. The molecule has 0 N–H and O–H groups in total. The summed E-state index contributed by atoms with van der Waals surface area (Å²) in [6.07, 6.45) is -3.47. The van der Waals surface area contributed by atoms with Crippen LogP contribution in [0.25, 0.3) is 6.08 Å². The minimum atomic E-state index is -4.98. The monoisotopic (exact) mass is 600 g/mol. The number of thiazole rings is 1. The Balaban J connectivity index is 2.06. The van der Waals surface area contributed by atoms with Gasteiger partial charge in [0.2, 0.25) is 0 Å². The lowest BCUT2D eigenvalue weighted by atomic mass is 9.95. The first-order valence-electron chi connectivity index (χ1n) is 10.4. The van der Waals surface area contributed by atoms with E-state index in [2.05, 4.69) is 20.9 Å². The average molecular weight is 602 g/mol. The highest BCUT2D eigenvalue weighted by Crippen LogP contribution is 2.38. The minimum Gasteiger partial charge on any atom is -0.496 e. The van der Waals surface area contributed by atoms with Crippen LogP contribution in [0.1, 0.15) is 24.1 Å². The molecule has 0 radical (unpaired) electrons. The number of aromatic nitrogens is 1. The molecule has 0 fully saturated rings. The Labute approximate surface area is 220 Å². The molecule has 0 bridgehead atoms. The molecule has 6 nitrogen and oxygen atoms in total. The summed E-state index contributed by atoms with van der Waals surface area (Å²) in [6.45, 7) is 1.32. The Kier molecular flexibility index (Phi) is 7.44. The normalized spacial score (nSPS) is 16.0. The number of rotatable bonds is 5. The third-order valence-corrected chi connectivity index (χ3v) is 6.99. The highest BCUT2D eigenvalue weighted by atomic mass is 79.9. The molecule has 4 rings (SSSR count). The Morgan fingerprint density at radius 3 is 2.56 bits per heavy atom. The third kappa shape index (κ3) is 5.00. The molecule has 2 heterocycles. The molecule has 0 saturated heterocycles. The van der Waals surface area contributed by atoms with Crippen molar-refractivity contribution in [2.75, 3.05) is 13.7 Å². The third-order valence-electron chi connectivity index (χ3n) is 5.26. The second-order valence-corrected chi connectivity index (χ2v) is 9.86. The number of esters is 1. The maximum atomic E-state index is 14.1. The van der Waals surface area contributed by atoms with Crippen molar-refractivity contribution < 1.29 is 27.4 Å². The number of halogens is 5. The average Bonchev–Trinajstić information content (AvgIpc) is 3.13.